The molecule has 0 amide bonds. The summed E-state index contributed by atoms with van der Waals surface area (Å²) in [5.74, 6) is 1.17. The van der Waals surface area contributed by atoms with E-state index in [1.165, 1.54) is 24.8 Å². The van der Waals surface area contributed by atoms with Crippen LogP contribution in [-0.4, -0.2) is 29.8 Å². The van der Waals surface area contributed by atoms with Crippen LogP contribution >= 0.6 is 0 Å². The number of aryl methyl sites for hydroxylation is 3. The van der Waals surface area contributed by atoms with Crippen molar-refractivity contribution in [2.45, 2.75) is 46.1 Å². The molecule has 2 bridgehead atoms. The van der Waals surface area contributed by atoms with Crippen LogP contribution in [0, 0.1) is 26.7 Å². The largest absolute Gasteiger partial charge is 0.293 e. The van der Waals surface area contributed by atoms with E-state index < -0.39 is 0 Å². The molecule has 1 saturated carbocycles. The Hall–Kier alpha value is -1.15. The molecule has 2 atom stereocenters. The van der Waals surface area contributed by atoms with E-state index in [2.05, 4.69) is 37.8 Å². The third-order valence-electron chi connectivity index (χ3n) is 4.83. The minimum absolute atomic E-state index is 0.308. The number of fused-ring (bicyclic) bond motifs is 2. The second-order valence-corrected chi connectivity index (χ2v) is 6.46. The number of piperidine rings is 1. The summed E-state index contributed by atoms with van der Waals surface area (Å²) < 4.78 is 0. The quantitative estimate of drug-likeness (QED) is 0.775. The highest BCUT2D eigenvalue weighted by Crippen LogP contribution is 2.37. The van der Waals surface area contributed by atoms with E-state index in [1.54, 1.807) is 0 Å². The number of hydrogen-bond donors (Lipinski definition) is 0. The maximum atomic E-state index is 12.6. The Kier molecular flexibility index (Phi) is 3.22. The Morgan fingerprint density at radius 2 is 1.89 bits per heavy atom. The van der Waals surface area contributed by atoms with Crippen molar-refractivity contribution in [1.82, 2.24) is 4.90 Å². The second kappa shape index (κ2) is 4.75. The Bertz CT molecular complexity index is 497. The van der Waals surface area contributed by atoms with Gasteiger partial charge in [0.15, 0.2) is 5.78 Å². The predicted molar refractivity (Wildman–Crippen MR) is 77.7 cm³/mol. The maximum absolute atomic E-state index is 12.6. The lowest BCUT2D eigenvalue weighted by Crippen LogP contribution is -2.36. The van der Waals surface area contributed by atoms with Crippen molar-refractivity contribution >= 4 is 5.78 Å². The molecule has 0 radical (unpaired) electrons. The smallest absolute Gasteiger partial charge is 0.177 e. The molecule has 2 heteroatoms. The third-order valence-corrected chi connectivity index (χ3v) is 4.83. The van der Waals surface area contributed by atoms with E-state index in [1.807, 2.05) is 0 Å². The number of ketones is 1. The van der Waals surface area contributed by atoms with Crippen molar-refractivity contribution < 1.29 is 4.79 Å². The Balaban J connectivity index is 1.77. The number of nitrogens with zero attached hydrogens (tertiary/aromatic N) is 1. The molecule has 1 aliphatic heterocycles. The molecule has 0 spiro atoms. The minimum atomic E-state index is 0.308. The average molecular weight is 257 g/mol. The van der Waals surface area contributed by atoms with Gasteiger partial charge in [0.25, 0.3) is 0 Å². The van der Waals surface area contributed by atoms with Gasteiger partial charge in [-0.25, -0.2) is 0 Å². The van der Waals surface area contributed by atoms with Crippen LogP contribution in [0.2, 0.25) is 0 Å². The zero-order valence-electron chi connectivity index (χ0n) is 12.2. The van der Waals surface area contributed by atoms with Gasteiger partial charge in [0.2, 0.25) is 0 Å². The summed E-state index contributed by atoms with van der Waals surface area (Å²) >= 11 is 0. The zero-order valence-corrected chi connectivity index (χ0v) is 12.2. The van der Waals surface area contributed by atoms with Crippen molar-refractivity contribution in [1.29, 1.82) is 0 Å². The fourth-order valence-corrected chi connectivity index (χ4v) is 4.10. The molecule has 102 valence electrons. The monoisotopic (exact) mass is 257 g/mol. The summed E-state index contributed by atoms with van der Waals surface area (Å²) in [7, 11) is 0. The van der Waals surface area contributed by atoms with Gasteiger partial charge in [-0.15, -0.1) is 0 Å². The van der Waals surface area contributed by atoms with E-state index in [9.17, 15) is 4.79 Å². The van der Waals surface area contributed by atoms with Crippen molar-refractivity contribution in [3.8, 4) is 0 Å². The van der Waals surface area contributed by atoms with Crippen molar-refractivity contribution in [2.24, 2.45) is 5.92 Å². The van der Waals surface area contributed by atoms with E-state index in [-0.39, 0.29) is 0 Å². The van der Waals surface area contributed by atoms with Crippen LogP contribution in [0.15, 0.2) is 12.1 Å². The van der Waals surface area contributed by atoms with Crippen molar-refractivity contribution in [3.05, 3.63) is 34.4 Å². The first-order valence-electron chi connectivity index (χ1n) is 7.39. The van der Waals surface area contributed by atoms with Gasteiger partial charge in [0, 0.05) is 18.2 Å². The van der Waals surface area contributed by atoms with Crippen LogP contribution < -0.4 is 0 Å². The number of benzene rings is 1. The molecule has 1 heterocycles. The normalized spacial score (nSPS) is 26.1. The summed E-state index contributed by atoms with van der Waals surface area (Å²) in [5, 5.41) is 0. The number of carbonyl (C=O) groups is 1. The molecule has 0 aromatic heterocycles. The number of Topliss-reactive ketones (excluding diaryl/α,β-unsaturated/α-hetero) is 1. The SMILES string of the molecule is Cc1cc(C)c(C(=O)CN2CC3CCC2C3)c(C)c1. The van der Waals surface area contributed by atoms with Gasteiger partial charge < -0.3 is 0 Å². The lowest BCUT2D eigenvalue weighted by atomic mass is 9.96. The van der Waals surface area contributed by atoms with Crippen molar-refractivity contribution in [3.63, 3.8) is 0 Å². The number of rotatable bonds is 3. The molecule has 19 heavy (non-hydrogen) atoms. The zero-order chi connectivity index (χ0) is 13.6. The van der Waals surface area contributed by atoms with E-state index in [0.717, 1.165) is 29.2 Å². The molecule has 2 unspecified atom stereocenters. The first-order chi connectivity index (χ1) is 9.04. The van der Waals surface area contributed by atoms with Crippen LogP contribution in [0.25, 0.3) is 0 Å². The number of likely N-dealkylation sites (tertiary alicyclic amines) is 1. The molecule has 2 fully saturated rings. The molecule has 1 aliphatic carbocycles. The molecule has 2 nitrogen and oxygen atoms in total. The van der Waals surface area contributed by atoms with Crippen LogP contribution in [0.4, 0.5) is 0 Å². The van der Waals surface area contributed by atoms with Crippen LogP contribution in [-0.2, 0) is 0 Å². The number of carbonyl (C=O) groups excluding carboxylic acids is 1. The van der Waals surface area contributed by atoms with Gasteiger partial charge in [0.05, 0.1) is 6.54 Å². The van der Waals surface area contributed by atoms with Gasteiger partial charge in [-0.2, -0.15) is 0 Å². The second-order valence-electron chi connectivity index (χ2n) is 6.46. The van der Waals surface area contributed by atoms with Crippen LogP contribution in [0.5, 0.6) is 0 Å². The van der Waals surface area contributed by atoms with Crippen LogP contribution in [0.1, 0.15) is 46.3 Å². The topological polar surface area (TPSA) is 20.3 Å². The van der Waals surface area contributed by atoms with Crippen LogP contribution in [0.3, 0.4) is 0 Å². The molecular formula is C17H23NO. The van der Waals surface area contributed by atoms with Gasteiger partial charge in [-0.3, -0.25) is 9.69 Å². The highest BCUT2D eigenvalue weighted by atomic mass is 16.1. The third kappa shape index (κ3) is 2.34. The van der Waals surface area contributed by atoms with Gasteiger partial charge in [0.1, 0.15) is 0 Å². The van der Waals surface area contributed by atoms with Gasteiger partial charge in [-0.1, -0.05) is 17.7 Å². The summed E-state index contributed by atoms with van der Waals surface area (Å²) in [6.07, 6.45) is 3.99. The molecule has 0 N–H and O–H groups in total. The van der Waals surface area contributed by atoms with E-state index >= 15 is 0 Å². The minimum Gasteiger partial charge on any atom is -0.293 e. The highest BCUT2D eigenvalue weighted by molar-refractivity contribution is 6.00. The highest BCUT2D eigenvalue weighted by Gasteiger charge is 2.38. The lowest BCUT2D eigenvalue weighted by molar-refractivity contribution is 0.0904. The molecule has 1 saturated heterocycles. The summed E-state index contributed by atoms with van der Waals surface area (Å²) in [4.78, 5) is 15.0. The molecule has 2 aliphatic rings. The molecule has 1 aromatic rings. The summed E-state index contributed by atoms with van der Waals surface area (Å²) in [6, 6.07) is 4.92. The van der Waals surface area contributed by atoms with Gasteiger partial charge in [-0.05, 0) is 57.1 Å². The average Bonchev–Trinajstić information content (AvgIpc) is 2.89. The Labute approximate surface area is 115 Å². The standard InChI is InChI=1S/C17H23NO/c1-11-6-12(2)17(13(3)7-11)16(19)10-18-9-14-4-5-15(18)8-14/h6-7,14-15H,4-5,8-10H2,1-3H3. The number of hydrogen-bond acceptors (Lipinski definition) is 2. The Morgan fingerprint density at radius 3 is 2.42 bits per heavy atom. The van der Waals surface area contributed by atoms with Gasteiger partial charge >= 0.3 is 0 Å². The van der Waals surface area contributed by atoms with Crippen molar-refractivity contribution in [2.75, 3.05) is 13.1 Å². The Morgan fingerprint density at radius 1 is 1.21 bits per heavy atom. The van der Waals surface area contributed by atoms with E-state index in [4.69, 9.17) is 0 Å². The predicted octanol–water partition coefficient (Wildman–Crippen LogP) is 3.28. The fraction of sp³-hybridized carbons (Fsp3) is 0.588. The molecular weight excluding hydrogens is 234 g/mol. The maximum Gasteiger partial charge on any atom is 0.177 e. The fourth-order valence-electron chi connectivity index (χ4n) is 4.10. The molecule has 3 rings (SSSR count). The lowest BCUT2D eigenvalue weighted by Gasteiger charge is -2.26. The van der Waals surface area contributed by atoms with E-state index in [0.29, 0.717) is 18.4 Å². The summed E-state index contributed by atoms with van der Waals surface area (Å²) in [6.45, 7) is 7.96. The molecule has 1 aromatic carbocycles. The first-order valence-corrected chi connectivity index (χ1v) is 7.39. The summed E-state index contributed by atoms with van der Waals surface area (Å²) in [5.41, 5.74) is 4.46. The first kappa shape index (κ1) is 12.9.